The number of nitrogens with one attached hydrogen (secondary N) is 2. The Morgan fingerprint density at radius 1 is 1.00 bits per heavy atom. The summed E-state index contributed by atoms with van der Waals surface area (Å²) in [4.78, 5) is 2.49. The van der Waals surface area contributed by atoms with Gasteiger partial charge < -0.3 is 15.5 Å². The Labute approximate surface area is 118 Å². The van der Waals surface area contributed by atoms with E-state index in [9.17, 15) is 0 Å². The second kappa shape index (κ2) is 6.55. The summed E-state index contributed by atoms with van der Waals surface area (Å²) in [7, 11) is 2.27. The van der Waals surface area contributed by atoms with Crippen LogP contribution in [0.4, 0.5) is 0 Å². The predicted molar refractivity (Wildman–Crippen MR) is 80.4 cm³/mol. The number of piperidine rings is 1. The van der Waals surface area contributed by atoms with Gasteiger partial charge in [-0.05, 0) is 64.6 Å². The second-order valence-corrected chi connectivity index (χ2v) is 7.03. The Bertz CT molecular complexity index is 275. The summed E-state index contributed by atoms with van der Waals surface area (Å²) in [5, 5.41) is 7.79. The molecule has 2 N–H and O–H groups in total. The predicted octanol–water partition coefficient (Wildman–Crippen LogP) is 1.98. The average molecular weight is 265 g/mol. The third-order valence-corrected chi connectivity index (χ3v) is 5.51. The normalized spacial score (nSPS) is 41.5. The molecule has 2 aliphatic heterocycles. The highest BCUT2D eigenvalue weighted by atomic mass is 15.1. The fraction of sp³-hybridized carbons (Fsp3) is 1.00. The Balaban J connectivity index is 1.56. The molecule has 0 bridgehead atoms. The van der Waals surface area contributed by atoms with Crippen LogP contribution in [0.25, 0.3) is 0 Å². The van der Waals surface area contributed by atoms with Crippen molar-refractivity contribution in [1.82, 2.24) is 15.5 Å². The van der Waals surface area contributed by atoms with Crippen LogP contribution < -0.4 is 10.6 Å². The number of nitrogens with zero attached hydrogens (tertiary/aromatic N) is 1. The fourth-order valence-corrected chi connectivity index (χ4v) is 4.53. The summed E-state index contributed by atoms with van der Waals surface area (Å²) in [5.74, 6) is 0.892. The zero-order valence-corrected chi connectivity index (χ0v) is 12.5. The van der Waals surface area contributed by atoms with Crippen LogP contribution in [0.1, 0.15) is 51.4 Å². The van der Waals surface area contributed by atoms with Crippen molar-refractivity contribution < 1.29 is 0 Å². The molecule has 4 unspecified atom stereocenters. The van der Waals surface area contributed by atoms with Crippen LogP contribution in [-0.2, 0) is 0 Å². The number of likely N-dealkylation sites (tertiary alicyclic amines) is 1. The maximum Gasteiger partial charge on any atom is 0.0198 e. The van der Waals surface area contributed by atoms with Gasteiger partial charge in [-0.2, -0.15) is 0 Å². The summed E-state index contributed by atoms with van der Waals surface area (Å²) >= 11 is 0. The van der Waals surface area contributed by atoms with Gasteiger partial charge in [0.2, 0.25) is 0 Å². The van der Waals surface area contributed by atoms with E-state index in [4.69, 9.17) is 0 Å². The van der Waals surface area contributed by atoms with Crippen molar-refractivity contribution >= 4 is 0 Å². The van der Waals surface area contributed by atoms with Gasteiger partial charge in [0, 0.05) is 24.7 Å². The molecule has 4 atom stereocenters. The Morgan fingerprint density at radius 2 is 1.89 bits per heavy atom. The maximum absolute atomic E-state index is 4.03. The highest BCUT2D eigenvalue weighted by molar-refractivity contribution is 4.93. The van der Waals surface area contributed by atoms with Crippen molar-refractivity contribution in [2.24, 2.45) is 5.92 Å². The highest BCUT2D eigenvalue weighted by Gasteiger charge is 2.34. The molecule has 0 aromatic heterocycles. The lowest BCUT2D eigenvalue weighted by Crippen LogP contribution is -2.54. The SMILES string of the molecule is CN1CCCC(NC2CCCCC2C2CCCN2)C1. The van der Waals surface area contributed by atoms with Gasteiger partial charge in [0.05, 0.1) is 0 Å². The first-order valence-electron chi connectivity index (χ1n) is 8.51. The molecular weight excluding hydrogens is 234 g/mol. The minimum atomic E-state index is 0.741. The maximum atomic E-state index is 4.03. The summed E-state index contributed by atoms with van der Waals surface area (Å²) in [6.07, 6.45) is 11.3. The van der Waals surface area contributed by atoms with E-state index in [1.807, 2.05) is 0 Å². The van der Waals surface area contributed by atoms with E-state index in [0.29, 0.717) is 0 Å². The lowest BCUT2D eigenvalue weighted by atomic mass is 9.78. The molecular formula is C16H31N3. The quantitative estimate of drug-likeness (QED) is 0.817. The van der Waals surface area contributed by atoms with Gasteiger partial charge in [-0.15, -0.1) is 0 Å². The molecule has 0 spiro atoms. The average Bonchev–Trinajstić information content (AvgIpc) is 2.93. The van der Waals surface area contributed by atoms with E-state index in [1.54, 1.807) is 0 Å². The van der Waals surface area contributed by atoms with Crippen molar-refractivity contribution in [3.63, 3.8) is 0 Å². The molecule has 3 fully saturated rings. The van der Waals surface area contributed by atoms with Crippen LogP contribution in [0.5, 0.6) is 0 Å². The third kappa shape index (κ3) is 3.50. The topological polar surface area (TPSA) is 27.3 Å². The summed E-state index contributed by atoms with van der Waals surface area (Å²) in [6, 6.07) is 2.32. The Kier molecular flexibility index (Phi) is 4.78. The molecule has 0 aromatic rings. The lowest BCUT2D eigenvalue weighted by Gasteiger charge is -2.40. The number of rotatable bonds is 3. The first-order valence-corrected chi connectivity index (χ1v) is 8.51. The molecule has 1 saturated carbocycles. The van der Waals surface area contributed by atoms with Gasteiger partial charge in [0.25, 0.3) is 0 Å². The molecule has 3 nitrogen and oxygen atoms in total. The molecule has 3 heteroatoms. The van der Waals surface area contributed by atoms with E-state index in [0.717, 1.165) is 24.0 Å². The van der Waals surface area contributed by atoms with E-state index in [2.05, 4.69) is 22.6 Å². The summed E-state index contributed by atoms with van der Waals surface area (Å²) in [5.41, 5.74) is 0. The third-order valence-electron chi connectivity index (χ3n) is 5.51. The van der Waals surface area contributed by atoms with Gasteiger partial charge in [0.1, 0.15) is 0 Å². The molecule has 2 heterocycles. The number of likely N-dealkylation sites (N-methyl/N-ethyl adjacent to an activating group) is 1. The molecule has 0 amide bonds. The molecule has 2 saturated heterocycles. The number of hydrogen-bond acceptors (Lipinski definition) is 3. The molecule has 19 heavy (non-hydrogen) atoms. The fourth-order valence-electron chi connectivity index (χ4n) is 4.53. The van der Waals surface area contributed by atoms with E-state index < -0.39 is 0 Å². The molecule has 0 aromatic carbocycles. The first kappa shape index (κ1) is 13.8. The second-order valence-electron chi connectivity index (χ2n) is 7.03. The van der Waals surface area contributed by atoms with E-state index in [1.165, 1.54) is 71.0 Å². The van der Waals surface area contributed by atoms with Crippen LogP contribution in [0, 0.1) is 5.92 Å². The van der Waals surface area contributed by atoms with Crippen LogP contribution in [0.2, 0.25) is 0 Å². The van der Waals surface area contributed by atoms with Crippen LogP contribution in [0.3, 0.4) is 0 Å². The standard InChI is InChI=1S/C16H31N3/c1-19-11-5-6-13(12-19)18-16-8-3-2-7-14(16)15-9-4-10-17-15/h13-18H,2-12H2,1H3. The monoisotopic (exact) mass is 265 g/mol. The van der Waals surface area contributed by atoms with E-state index in [-0.39, 0.29) is 0 Å². The van der Waals surface area contributed by atoms with Crippen LogP contribution >= 0.6 is 0 Å². The van der Waals surface area contributed by atoms with Crippen LogP contribution in [0.15, 0.2) is 0 Å². The van der Waals surface area contributed by atoms with E-state index >= 15 is 0 Å². The molecule has 3 aliphatic rings. The smallest absolute Gasteiger partial charge is 0.0198 e. The lowest BCUT2D eigenvalue weighted by molar-refractivity contribution is 0.161. The number of hydrogen-bond donors (Lipinski definition) is 2. The minimum absolute atomic E-state index is 0.741. The van der Waals surface area contributed by atoms with Crippen molar-refractivity contribution in [2.45, 2.75) is 69.5 Å². The summed E-state index contributed by atoms with van der Waals surface area (Å²) in [6.45, 7) is 3.79. The Morgan fingerprint density at radius 3 is 2.68 bits per heavy atom. The molecule has 0 radical (unpaired) electrons. The van der Waals surface area contributed by atoms with Crippen molar-refractivity contribution in [1.29, 1.82) is 0 Å². The zero-order chi connectivity index (χ0) is 13.1. The van der Waals surface area contributed by atoms with Crippen LogP contribution in [-0.4, -0.2) is 49.7 Å². The van der Waals surface area contributed by atoms with Crippen molar-refractivity contribution in [3.8, 4) is 0 Å². The van der Waals surface area contributed by atoms with Gasteiger partial charge in [0.15, 0.2) is 0 Å². The minimum Gasteiger partial charge on any atom is -0.314 e. The molecule has 3 rings (SSSR count). The first-order chi connectivity index (χ1) is 9.33. The van der Waals surface area contributed by atoms with Crippen molar-refractivity contribution in [2.75, 3.05) is 26.7 Å². The van der Waals surface area contributed by atoms with Gasteiger partial charge in [-0.1, -0.05) is 12.8 Å². The molecule has 110 valence electrons. The highest BCUT2D eigenvalue weighted by Crippen LogP contribution is 2.31. The molecule has 1 aliphatic carbocycles. The van der Waals surface area contributed by atoms with Gasteiger partial charge >= 0.3 is 0 Å². The van der Waals surface area contributed by atoms with Crippen molar-refractivity contribution in [3.05, 3.63) is 0 Å². The zero-order valence-electron chi connectivity index (χ0n) is 12.5. The Hall–Kier alpha value is -0.120. The van der Waals surface area contributed by atoms with Gasteiger partial charge in [-0.3, -0.25) is 0 Å². The summed E-state index contributed by atoms with van der Waals surface area (Å²) < 4.78 is 0. The van der Waals surface area contributed by atoms with Gasteiger partial charge in [-0.25, -0.2) is 0 Å². The largest absolute Gasteiger partial charge is 0.314 e.